The predicted molar refractivity (Wildman–Crippen MR) is 139 cm³/mol. The fraction of sp³-hybridized carbons (Fsp3) is 0.903. The van der Waals surface area contributed by atoms with Crippen molar-refractivity contribution in [3.63, 3.8) is 0 Å². The number of aliphatic hydroxyl groups excluding tert-OH is 1. The van der Waals surface area contributed by atoms with E-state index in [2.05, 4.69) is 26.8 Å². The molecule has 194 valence electrons. The number of fused-ring (bicyclic) bond motifs is 5. The maximum atomic E-state index is 12.4. The van der Waals surface area contributed by atoms with Crippen LogP contribution in [0.25, 0.3) is 0 Å². The molecular weight excluding hydrogens is 420 g/mol. The second kappa shape index (κ2) is 10.8. The Bertz CT molecular complexity index is 739. The van der Waals surface area contributed by atoms with Crippen LogP contribution in [0, 0.1) is 34.5 Å². The van der Waals surface area contributed by atoms with Gasteiger partial charge in [-0.3, -0.25) is 4.79 Å². The Hall–Kier alpha value is -0.670. The van der Waals surface area contributed by atoms with Gasteiger partial charge in [0.1, 0.15) is 0 Å². The van der Waals surface area contributed by atoms with E-state index in [9.17, 15) is 9.90 Å². The van der Waals surface area contributed by atoms with Crippen molar-refractivity contribution in [2.24, 2.45) is 34.5 Å². The molecule has 0 aromatic heterocycles. The van der Waals surface area contributed by atoms with Gasteiger partial charge in [0.15, 0.2) is 5.78 Å². The molecule has 0 aromatic rings. The van der Waals surface area contributed by atoms with Crippen molar-refractivity contribution in [1.82, 2.24) is 0 Å². The summed E-state index contributed by atoms with van der Waals surface area (Å²) < 4.78 is 0. The number of allylic oxidation sites excluding steroid dienone is 1. The molecule has 3 fully saturated rings. The number of unbranched alkanes of at least 4 members (excludes halogenated alkanes) is 8. The number of hydrogen-bond acceptors (Lipinski definition) is 3. The van der Waals surface area contributed by atoms with Gasteiger partial charge < -0.3 is 10.2 Å². The van der Waals surface area contributed by atoms with Crippen LogP contribution in [0.4, 0.5) is 0 Å². The predicted octanol–water partition coefficient (Wildman–Crippen LogP) is 7.39. The molecule has 3 saturated carbocycles. The highest BCUT2D eigenvalue weighted by Gasteiger charge is 2.64. The third-order valence-corrected chi connectivity index (χ3v) is 11.4. The molecule has 34 heavy (non-hydrogen) atoms. The largest absolute Gasteiger partial charge is 0.396 e. The fourth-order valence-corrected chi connectivity index (χ4v) is 9.00. The van der Waals surface area contributed by atoms with Gasteiger partial charge in [0.2, 0.25) is 0 Å². The maximum Gasteiger partial charge on any atom is 0.155 e. The fourth-order valence-electron chi connectivity index (χ4n) is 9.00. The molecule has 0 spiro atoms. The van der Waals surface area contributed by atoms with Crippen molar-refractivity contribution in [2.75, 3.05) is 6.61 Å². The zero-order valence-corrected chi connectivity index (χ0v) is 22.4. The zero-order chi connectivity index (χ0) is 24.4. The molecule has 3 unspecified atom stereocenters. The average molecular weight is 473 g/mol. The molecule has 3 heteroatoms. The summed E-state index contributed by atoms with van der Waals surface area (Å²) in [6, 6.07) is 0. The SMILES string of the molecule is C[C@]12CCC(=O)C=C1C[C@@H](CCCCCCCCCCCO)C1C2CC[C@@]2(C)C1CC[C@]2(C)O. The molecule has 0 bridgehead atoms. The van der Waals surface area contributed by atoms with Gasteiger partial charge in [0.05, 0.1) is 5.60 Å². The van der Waals surface area contributed by atoms with Crippen LogP contribution >= 0.6 is 0 Å². The molecule has 4 aliphatic rings. The van der Waals surface area contributed by atoms with E-state index in [1.165, 1.54) is 76.2 Å². The first-order chi connectivity index (χ1) is 16.2. The average Bonchev–Trinajstić information content (AvgIpc) is 3.05. The van der Waals surface area contributed by atoms with Crippen molar-refractivity contribution in [3.05, 3.63) is 11.6 Å². The van der Waals surface area contributed by atoms with Crippen molar-refractivity contribution in [2.45, 2.75) is 136 Å². The number of aliphatic hydroxyl groups is 2. The van der Waals surface area contributed by atoms with Crippen molar-refractivity contribution >= 4 is 5.78 Å². The molecule has 0 saturated heterocycles. The third kappa shape index (κ3) is 4.95. The monoisotopic (exact) mass is 472 g/mol. The molecule has 0 amide bonds. The van der Waals surface area contributed by atoms with Gasteiger partial charge in [-0.05, 0) is 98.9 Å². The lowest BCUT2D eigenvalue weighted by molar-refractivity contribution is -0.135. The van der Waals surface area contributed by atoms with Crippen molar-refractivity contribution in [1.29, 1.82) is 0 Å². The number of rotatable bonds is 11. The van der Waals surface area contributed by atoms with Crippen molar-refractivity contribution in [3.8, 4) is 0 Å². The molecule has 4 aliphatic carbocycles. The summed E-state index contributed by atoms with van der Waals surface area (Å²) in [6.07, 6.45) is 22.2. The van der Waals surface area contributed by atoms with E-state index in [1.54, 1.807) is 0 Å². The third-order valence-electron chi connectivity index (χ3n) is 11.4. The summed E-state index contributed by atoms with van der Waals surface area (Å²) in [6.45, 7) is 7.33. The zero-order valence-electron chi connectivity index (χ0n) is 22.4. The Labute approximate surface area is 209 Å². The Balaban J connectivity index is 1.39. The van der Waals surface area contributed by atoms with Crippen LogP contribution in [-0.4, -0.2) is 28.2 Å². The molecule has 7 atom stereocenters. The van der Waals surface area contributed by atoms with Gasteiger partial charge >= 0.3 is 0 Å². The molecule has 0 heterocycles. The summed E-state index contributed by atoms with van der Waals surface area (Å²) in [4.78, 5) is 12.4. The summed E-state index contributed by atoms with van der Waals surface area (Å²) in [7, 11) is 0. The molecule has 0 radical (unpaired) electrons. The highest BCUT2D eigenvalue weighted by molar-refractivity contribution is 5.91. The summed E-state index contributed by atoms with van der Waals surface area (Å²) in [5.41, 5.74) is 1.22. The van der Waals surface area contributed by atoms with Crippen LogP contribution < -0.4 is 0 Å². The van der Waals surface area contributed by atoms with Gasteiger partial charge in [0.25, 0.3) is 0 Å². The van der Waals surface area contributed by atoms with Crippen molar-refractivity contribution < 1.29 is 15.0 Å². The van der Waals surface area contributed by atoms with Gasteiger partial charge in [-0.2, -0.15) is 0 Å². The Kier molecular flexibility index (Phi) is 8.35. The molecule has 3 nitrogen and oxygen atoms in total. The lowest BCUT2D eigenvalue weighted by atomic mass is 9.44. The summed E-state index contributed by atoms with van der Waals surface area (Å²) >= 11 is 0. The quantitative estimate of drug-likeness (QED) is 0.308. The molecule has 2 N–H and O–H groups in total. The number of ketones is 1. The minimum Gasteiger partial charge on any atom is -0.396 e. The van der Waals surface area contributed by atoms with Gasteiger partial charge in [-0.1, -0.05) is 70.8 Å². The summed E-state index contributed by atoms with van der Waals surface area (Å²) in [5, 5.41) is 20.2. The minimum atomic E-state index is -0.524. The number of hydrogen-bond donors (Lipinski definition) is 2. The van der Waals surface area contributed by atoms with E-state index in [1.807, 2.05) is 0 Å². The first kappa shape index (κ1) is 26.4. The molecular formula is C31H52O3. The lowest BCUT2D eigenvalue weighted by Crippen LogP contribution is -2.56. The molecule has 0 aromatic carbocycles. The minimum absolute atomic E-state index is 0.0600. The smallest absolute Gasteiger partial charge is 0.155 e. The maximum absolute atomic E-state index is 12.4. The van der Waals surface area contributed by atoms with Crippen LogP contribution in [0.1, 0.15) is 130 Å². The topological polar surface area (TPSA) is 57.5 Å². The standard InChI is InChI=1S/C31H52O3/c1-29-17-14-25(33)22-24(29)21-23(13-11-9-7-5-4-6-8-10-12-20-32)28-26(29)15-18-30(2)27(28)16-19-31(30,3)34/h22-23,26-28,32,34H,4-21H2,1-3H3/t23-,26?,27?,28?,29+,30+,31+/m1/s1. The van der Waals surface area contributed by atoms with Gasteiger partial charge in [-0.25, -0.2) is 0 Å². The number of carbonyl (C=O) groups excluding carboxylic acids is 1. The molecule has 0 aliphatic heterocycles. The van der Waals surface area contributed by atoms with E-state index in [-0.39, 0.29) is 10.8 Å². The molecule has 4 rings (SSSR count). The van der Waals surface area contributed by atoms with Crippen LogP contribution in [0.2, 0.25) is 0 Å². The van der Waals surface area contributed by atoms with Gasteiger partial charge in [-0.15, -0.1) is 0 Å². The van der Waals surface area contributed by atoms with Crippen LogP contribution in [0.15, 0.2) is 11.6 Å². The van der Waals surface area contributed by atoms with E-state index in [0.29, 0.717) is 30.1 Å². The van der Waals surface area contributed by atoms with E-state index in [0.717, 1.165) is 44.4 Å². The van der Waals surface area contributed by atoms with Crippen LogP contribution in [0.3, 0.4) is 0 Å². The normalized spacial score (nSPS) is 41.6. The Morgan fingerprint density at radius 1 is 0.853 bits per heavy atom. The van der Waals surface area contributed by atoms with E-state index >= 15 is 0 Å². The first-order valence-electron chi connectivity index (χ1n) is 14.8. The Morgan fingerprint density at radius 2 is 1.47 bits per heavy atom. The Morgan fingerprint density at radius 3 is 2.15 bits per heavy atom. The van der Waals surface area contributed by atoms with E-state index in [4.69, 9.17) is 5.11 Å². The second-order valence-electron chi connectivity index (χ2n) is 13.3. The summed E-state index contributed by atoms with van der Waals surface area (Å²) in [5.74, 6) is 3.09. The van der Waals surface area contributed by atoms with E-state index < -0.39 is 5.60 Å². The lowest BCUT2D eigenvalue weighted by Gasteiger charge is -2.61. The highest BCUT2D eigenvalue weighted by Crippen LogP contribution is 2.69. The van der Waals surface area contributed by atoms with Crippen LogP contribution in [0.5, 0.6) is 0 Å². The number of carbonyl (C=O) groups is 1. The van der Waals surface area contributed by atoms with Gasteiger partial charge in [0, 0.05) is 13.0 Å². The highest BCUT2D eigenvalue weighted by atomic mass is 16.3. The second-order valence-corrected chi connectivity index (χ2v) is 13.3. The first-order valence-corrected chi connectivity index (χ1v) is 14.8. The van der Waals surface area contributed by atoms with Crippen LogP contribution in [-0.2, 0) is 4.79 Å².